The van der Waals surface area contributed by atoms with Gasteiger partial charge < -0.3 is 10.1 Å². The van der Waals surface area contributed by atoms with Crippen LogP contribution in [-0.2, 0) is 10.0 Å². The average Bonchev–Trinajstić information content (AvgIpc) is 2.76. The molecule has 3 aromatic rings. The molecule has 4 N–H and O–H groups in total. The molecule has 1 aliphatic rings. The molecule has 0 bridgehead atoms. The molecule has 0 radical (unpaired) electrons. The molecule has 8 nitrogen and oxygen atoms in total. The van der Waals surface area contributed by atoms with Gasteiger partial charge in [-0.2, -0.15) is 4.72 Å². The van der Waals surface area contributed by atoms with E-state index in [-0.39, 0.29) is 4.90 Å². The summed E-state index contributed by atoms with van der Waals surface area (Å²) in [7, 11) is -2.40. The zero-order valence-corrected chi connectivity index (χ0v) is 18.1. The maximum absolute atomic E-state index is 13.0. The van der Waals surface area contributed by atoms with Crippen LogP contribution >= 0.6 is 11.6 Å². The number of hydrogen-bond acceptors (Lipinski definition) is 7. The summed E-state index contributed by atoms with van der Waals surface area (Å²) in [6, 6.07) is 20.0. The Bertz CT molecular complexity index is 1330. The van der Waals surface area contributed by atoms with Crippen molar-refractivity contribution in [2.75, 3.05) is 12.4 Å². The molecular weight excluding hydrogens is 438 g/mol. The van der Waals surface area contributed by atoms with Gasteiger partial charge in [-0.3, -0.25) is 10.7 Å². The molecule has 10 heteroatoms. The lowest BCUT2D eigenvalue weighted by molar-refractivity contribution is 0.360. The van der Waals surface area contributed by atoms with Crippen LogP contribution in [0.1, 0.15) is 0 Å². The van der Waals surface area contributed by atoms with Gasteiger partial charge in [0.1, 0.15) is 5.75 Å². The molecule has 0 amide bonds. The van der Waals surface area contributed by atoms with Gasteiger partial charge in [0.25, 0.3) is 0 Å². The van der Waals surface area contributed by atoms with Gasteiger partial charge in [-0.15, -0.1) is 0 Å². The number of ether oxygens (including phenoxy) is 1. The third kappa shape index (κ3) is 4.40. The highest BCUT2D eigenvalue weighted by Gasteiger charge is 2.40. The molecule has 2 atom stereocenters. The third-order valence-electron chi connectivity index (χ3n) is 4.70. The first-order chi connectivity index (χ1) is 14.8. The molecule has 0 saturated heterocycles. The zero-order valence-electron chi connectivity index (χ0n) is 16.5. The Morgan fingerprint density at radius 1 is 1.03 bits per heavy atom. The lowest BCUT2D eigenvalue weighted by atomic mass is 10.2. The number of rotatable bonds is 6. The Balaban J connectivity index is 1.79. The first kappa shape index (κ1) is 21.3. The number of halogens is 1. The van der Waals surface area contributed by atoms with Crippen molar-refractivity contribution in [1.82, 2.24) is 4.72 Å². The first-order valence-corrected chi connectivity index (χ1v) is 11.2. The van der Waals surface area contributed by atoms with Gasteiger partial charge in [0, 0.05) is 6.07 Å². The highest BCUT2D eigenvalue weighted by atomic mass is 35.5. The molecule has 1 aliphatic heterocycles. The molecule has 0 aromatic heterocycles. The molecule has 0 saturated carbocycles. The van der Waals surface area contributed by atoms with E-state index in [1.807, 2.05) is 0 Å². The maximum Gasteiger partial charge on any atom is 0.242 e. The molecule has 0 aliphatic carbocycles. The van der Waals surface area contributed by atoms with E-state index in [1.165, 1.54) is 19.2 Å². The summed E-state index contributed by atoms with van der Waals surface area (Å²) in [6.07, 6.45) is -1.16. The molecular formula is C21H20ClN5O3S. The van der Waals surface area contributed by atoms with Gasteiger partial charge in [0.05, 0.1) is 33.4 Å². The SMILES string of the molecule is COc1ccc(Cl)c(NC2(N)N=c3ccccc3=NC2NS(=O)(=O)c2ccccc2)c1. The first-order valence-electron chi connectivity index (χ1n) is 9.31. The Kier molecular flexibility index (Phi) is 5.67. The van der Waals surface area contributed by atoms with Gasteiger partial charge in [-0.05, 0) is 36.4 Å². The summed E-state index contributed by atoms with van der Waals surface area (Å²) in [6.45, 7) is 0. The topological polar surface area (TPSA) is 118 Å². The number of para-hydroxylation sites is 2. The van der Waals surface area contributed by atoms with Crippen LogP contribution in [0.2, 0.25) is 5.02 Å². The number of anilines is 1. The fraction of sp³-hybridized carbons (Fsp3) is 0.143. The molecule has 0 fully saturated rings. The summed E-state index contributed by atoms with van der Waals surface area (Å²) < 4.78 is 33.8. The maximum atomic E-state index is 13.0. The van der Waals surface area contributed by atoms with Crippen molar-refractivity contribution >= 4 is 27.3 Å². The number of nitrogens with two attached hydrogens (primary N) is 1. The van der Waals surface area contributed by atoms with Crippen LogP contribution in [0.4, 0.5) is 5.69 Å². The number of benzene rings is 3. The summed E-state index contributed by atoms with van der Waals surface area (Å²) in [5, 5.41) is 4.45. The molecule has 31 heavy (non-hydrogen) atoms. The van der Waals surface area contributed by atoms with E-state index < -0.39 is 22.0 Å². The quantitative estimate of drug-likeness (QED) is 0.486. The van der Waals surface area contributed by atoms with Crippen molar-refractivity contribution in [2.45, 2.75) is 16.8 Å². The number of nitrogens with one attached hydrogen (secondary N) is 2. The van der Waals surface area contributed by atoms with Crippen molar-refractivity contribution in [3.8, 4) is 5.75 Å². The summed E-state index contributed by atoms with van der Waals surface area (Å²) >= 11 is 6.33. The van der Waals surface area contributed by atoms with E-state index in [0.29, 0.717) is 27.2 Å². The summed E-state index contributed by atoms with van der Waals surface area (Å²) in [4.78, 5) is 9.20. The summed E-state index contributed by atoms with van der Waals surface area (Å²) in [5.74, 6) is -1.11. The fourth-order valence-electron chi connectivity index (χ4n) is 3.14. The standard InChI is InChI=1S/C21H20ClN5O3S/c1-30-14-11-12-16(22)19(13-14)26-21(23)20(24-17-9-5-6-10-18(17)25-21)27-31(28,29)15-7-3-2-4-8-15/h2-13,20,26-27H,23H2,1H3. The number of nitrogens with zero attached hydrogens (tertiary/aromatic N) is 2. The van der Waals surface area contributed by atoms with E-state index in [0.717, 1.165) is 0 Å². The monoisotopic (exact) mass is 457 g/mol. The Hall–Kier alpha value is -2.98. The van der Waals surface area contributed by atoms with Crippen LogP contribution in [0.25, 0.3) is 0 Å². The van der Waals surface area contributed by atoms with Gasteiger partial charge in [0.15, 0.2) is 6.17 Å². The lowest BCUT2D eigenvalue weighted by Gasteiger charge is -2.35. The predicted molar refractivity (Wildman–Crippen MR) is 118 cm³/mol. The van der Waals surface area contributed by atoms with Gasteiger partial charge in [0.2, 0.25) is 15.8 Å². The van der Waals surface area contributed by atoms with Crippen molar-refractivity contribution in [2.24, 2.45) is 15.7 Å². The second-order valence-electron chi connectivity index (χ2n) is 6.86. The van der Waals surface area contributed by atoms with E-state index in [4.69, 9.17) is 22.1 Å². The van der Waals surface area contributed by atoms with Crippen molar-refractivity contribution in [3.63, 3.8) is 0 Å². The fourth-order valence-corrected chi connectivity index (χ4v) is 4.48. The molecule has 4 rings (SSSR count). The van der Waals surface area contributed by atoms with E-state index in [1.54, 1.807) is 60.7 Å². The lowest BCUT2D eigenvalue weighted by Crippen LogP contribution is -2.65. The number of fused-ring (bicyclic) bond motifs is 1. The summed E-state index contributed by atoms with van der Waals surface area (Å²) in [5.41, 5.74) is 7.02. The van der Waals surface area contributed by atoms with Crippen molar-refractivity contribution in [3.05, 3.63) is 88.5 Å². The average molecular weight is 458 g/mol. The molecule has 160 valence electrons. The predicted octanol–water partition coefficient (Wildman–Crippen LogP) is 1.63. The number of methoxy groups -OCH3 is 1. The molecule has 2 unspecified atom stereocenters. The van der Waals surface area contributed by atoms with E-state index in [9.17, 15) is 8.42 Å². The minimum absolute atomic E-state index is 0.0887. The van der Waals surface area contributed by atoms with Crippen LogP contribution in [0.5, 0.6) is 5.75 Å². The number of sulfonamides is 1. The third-order valence-corrected chi connectivity index (χ3v) is 6.46. The van der Waals surface area contributed by atoms with E-state index in [2.05, 4.69) is 20.0 Å². The van der Waals surface area contributed by atoms with Crippen LogP contribution in [-0.4, -0.2) is 27.5 Å². The Morgan fingerprint density at radius 2 is 1.71 bits per heavy atom. The van der Waals surface area contributed by atoms with Crippen LogP contribution < -0.4 is 31.2 Å². The smallest absolute Gasteiger partial charge is 0.242 e. The van der Waals surface area contributed by atoms with Crippen LogP contribution in [0, 0.1) is 0 Å². The zero-order chi connectivity index (χ0) is 22.1. The highest BCUT2D eigenvalue weighted by Crippen LogP contribution is 2.30. The van der Waals surface area contributed by atoms with Gasteiger partial charge >= 0.3 is 0 Å². The van der Waals surface area contributed by atoms with E-state index >= 15 is 0 Å². The van der Waals surface area contributed by atoms with Crippen LogP contribution in [0.3, 0.4) is 0 Å². The second-order valence-corrected chi connectivity index (χ2v) is 8.98. The van der Waals surface area contributed by atoms with Gasteiger partial charge in [-0.1, -0.05) is 41.9 Å². The normalized spacial score (nSPS) is 20.2. The highest BCUT2D eigenvalue weighted by molar-refractivity contribution is 7.89. The van der Waals surface area contributed by atoms with Crippen LogP contribution in [0.15, 0.2) is 87.7 Å². The minimum atomic E-state index is -3.93. The van der Waals surface area contributed by atoms with Crippen molar-refractivity contribution in [1.29, 1.82) is 0 Å². The Morgan fingerprint density at radius 3 is 2.42 bits per heavy atom. The number of hydrogen-bond donors (Lipinski definition) is 3. The Labute approximate surface area is 184 Å². The van der Waals surface area contributed by atoms with Gasteiger partial charge in [-0.25, -0.2) is 13.4 Å². The molecule has 0 spiro atoms. The molecule has 1 heterocycles. The minimum Gasteiger partial charge on any atom is -0.497 e. The molecule has 3 aromatic carbocycles. The largest absolute Gasteiger partial charge is 0.497 e. The second kappa shape index (κ2) is 8.27. The van der Waals surface area contributed by atoms with Crippen molar-refractivity contribution < 1.29 is 13.2 Å².